The minimum atomic E-state index is -0.870. The molecule has 0 bridgehead atoms. The fourth-order valence-corrected chi connectivity index (χ4v) is 2.62. The Kier molecular flexibility index (Phi) is 3.78. The number of nitro groups is 1. The van der Waals surface area contributed by atoms with Crippen LogP contribution in [0.25, 0.3) is 0 Å². The lowest BCUT2D eigenvalue weighted by atomic mass is 10.0. The Morgan fingerprint density at radius 1 is 1.55 bits per heavy atom. The van der Waals surface area contributed by atoms with Gasteiger partial charge in [0.25, 0.3) is 5.69 Å². The van der Waals surface area contributed by atoms with Crippen molar-refractivity contribution in [2.24, 2.45) is 5.92 Å². The van der Waals surface area contributed by atoms with Crippen molar-refractivity contribution in [1.29, 1.82) is 0 Å². The SMILES string of the molecule is COc1ccc([N+](=O)[O-])c(N2CCC(C(=O)O)C2C)c1. The third-order valence-corrected chi connectivity index (χ3v) is 3.76. The predicted octanol–water partition coefficient (Wildman–Crippen LogP) is 1.90. The van der Waals surface area contributed by atoms with Gasteiger partial charge in [0.15, 0.2) is 0 Å². The van der Waals surface area contributed by atoms with Crippen molar-refractivity contribution < 1.29 is 19.6 Å². The number of ether oxygens (including phenoxy) is 1. The fraction of sp³-hybridized carbons (Fsp3) is 0.462. The van der Waals surface area contributed by atoms with E-state index < -0.39 is 16.8 Å². The summed E-state index contributed by atoms with van der Waals surface area (Å²) < 4.78 is 5.09. The van der Waals surface area contributed by atoms with E-state index in [1.165, 1.54) is 19.2 Å². The van der Waals surface area contributed by atoms with Crippen molar-refractivity contribution in [2.75, 3.05) is 18.6 Å². The number of carbonyl (C=O) groups is 1. The highest BCUT2D eigenvalue weighted by Gasteiger charge is 2.38. The van der Waals surface area contributed by atoms with E-state index in [2.05, 4.69) is 0 Å². The lowest BCUT2D eigenvalue weighted by Gasteiger charge is -2.25. The first-order chi connectivity index (χ1) is 9.45. The molecule has 1 saturated heterocycles. The number of hydrogen-bond acceptors (Lipinski definition) is 5. The molecule has 2 rings (SSSR count). The summed E-state index contributed by atoms with van der Waals surface area (Å²) in [5.41, 5.74) is 0.370. The number of hydrogen-bond donors (Lipinski definition) is 1. The molecular weight excluding hydrogens is 264 g/mol. The van der Waals surface area contributed by atoms with E-state index in [4.69, 9.17) is 9.84 Å². The van der Waals surface area contributed by atoms with Gasteiger partial charge in [0.05, 0.1) is 18.0 Å². The molecule has 1 aromatic carbocycles. The summed E-state index contributed by atoms with van der Waals surface area (Å²) in [7, 11) is 1.48. The summed E-state index contributed by atoms with van der Waals surface area (Å²) in [5.74, 6) is -0.872. The van der Waals surface area contributed by atoms with Gasteiger partial charge >= 0.3 is 5.97 Å². The molecular formula is C13H16N2O5. The van der Waals surface area contributed by atoms with Crippen LogP contribution in [0, 0.1) is 16.0 Å². The Morgan fingerprint density at radius 2 is 2.25 bits per heavy atom. The zero-order valence-electron chi connectivity index (χ0n) is 11.3. The molecule has 20 heavy (non-hydrogen) atoms. The van der Waals surface area contributed by atoms with Crippen LogP contribution in [0.4, 0.5) is 11.4 Å². The van der Waals surface area contributed by atoms with Crippen LogP contribution in [0.1, 0.15) is 13.3 Å². The molecule has 1 aliphatic rings. The second-order valence-corrected chi connectivity index (χ2v) is 4.78. The molecule has 7 heteroatoms. The Labute approximate surface area is 115 Å². The first-order valence-electron chi connectivity index (χ1n) is 6.27. The third-order valence-electron chi connectivity index (χ3n) is 3.76. The van der Waals surface area contributed by atoms with Crippen molar-refractivity contribution in [2.45, 2.75) is 19.4 Å². The Morgan fingerprint density at radius 3 is 2.75 bits per heavy atom. The van der Waals surface area contributed by atoms with Crippen molar-refractivity contribution in [3.63, 3.8) is 0 Å². The number of methoxy groups -OCH3 is 1. The van der Waals surface area contributed by atoms with E-state index in [1.807, 2.05) is 0 Å². The van der Waals surface area contributed by atoms with Crippen LogP contribution in [-0.4, -0.2) is 35.7 Å². The lowest BCUT2D eigenvalue weighted by Crippen LogP contribution is -2.33. The maximum absolute atomic E-state index is 11.1. The van der Waals surface area contributed by atoms with Gasteiger partial charge in [-0.1, -0.05) is 0 Å². The quantitative estimate of drug-likeness (QED) is 0.669. The summed E-state index contributed by atoms with van der Waals surface area (Å²) in [5, 5.41) is 20.3. The molecule has 7 nitrogen and oxygen atoms in total. The molecule has 2 atom stereocenters. The van der Waals surface area contributed by atoms with Gasteiger partial charge in [-0.15, -0.1) is 0 Å². The summed E-state index contributed by atoms with van der Waals surface area (Å²) in [6.45, 7) is 2.25. The molecule has 0 radical (unpaired) electrons. The number of rotatable bonds is 4. The molecule has 108 valence electrons. The van der Waals surface area contributed by atoms with E-state index in [1.54, 1.807) is 17.9 Å². The molecule has 1 N–H and O–H groups in total. The first kappa shape index (κ1) is 14.1. The van der Waals surface area contributed by atoms with Crippen molar-refractivity contribution in [3.8, 4) is 5.75 Å². The molecule has 0 spiro atoms. The third kappa shape index (κ3) is 2.38. The zero-order chi connectivity index (χ0) is 14.9. The molecule has 1 fully saturated rings. The van der Waals surface area contributed by atoms with E-state index in [9.17, 15) is 14.9 Å². The molecule has 1 heterocycles. The lowest BCUT2D eigenvalue weighted by molar-refractivity contribution is -0.384. The Balaban J connectivity index is 2.41. The topological polar surface area (TPSA) is 92.9 Å². The Hall–Kier alpha value is -2.31. The summed E-state index contributed by atoms with van der Waals surface area (Å²) in [6, 6.07) is 4.20. The highest BCUT2D eigenvalue weighted by atomic mass is 16.6. The monoisotopic (exact) mass is 280 g/mol. The van der Waals surface area contributed by atoms with Gasteiger partial charge in [0.2, 0.25) is 0 Å². The van der Waals surface area contributed by atoms with Crippen LogP contribution in [0.15, 0.2) is 18.2 Å². The highest BCUT2D eigenvalue weighted by Crippen LogP contribution is 2.38. The maximum Gasteiger partial charge on any atom is 0.308 e. The largest absolute Gasteiger partial charge is 0.497 e. The van der Waals surface area contributed by atoms with Crippen LogP contribution < -0.4 is 9.64 Å². The second kappa shape index (κ2) is 5.36. The van der Waals surface area contributed by atoms with E-state index in [-0.39, 0.29) is 11.7 Å². The summed E-state index contributed by atoms with van der Waals surface area (Å²) in [6.07, 6.45) is 0.477. The van der Waals surface area contributed by atoms with E-state index >= 15 is 0 Å². The molecule has 0 aromatic heterocycles. The van der Waals surface area contributed by atoms with E-state index in [0.29, 0.717) is 24.4 Å². The van der Waals surface area contributed by atoms with Crippen molar-refractivity contribution in [1.82, 2.24) is 0 Å². The molecule has 0 saturated carbocycles. The molecule has 0 amide bonds. The van der Waals surface area contributed by atoms with Gasteiger partial charge in [-0.25, -0.2) is 0 Å². The number of benzene rings is 1. The van der Waals surface area contributed by atoms with E-state index in [0.717, 1.165) is 0 Å². The molecule has 1 aromatic rings. The van der Waals surface area contributed by atoms with Crippen LogP contribution in [0.5, 0.6) is 5.75 Å². The van der Waals surface area contributed by atoms with Gasteiger partial charge in [-0.3, -0.25) is 14.9 Å². The summed E-state index contributed by atoms with van der Waals surface area (Å²) >= 11 is 0. The van der Waals surface area contributed by atoms with Gasteiger partial charge in [-0.2, -0.15) is 0 Å². The second-order valence-electron chi connectivity index (χ2n) is 4.78. The number of nitro benzene ring substituents is 1. The normalized spacial score (nSPS) is 21.8. The van der Waals surface area contributed by atoms with Crippen LogP contribution >= 0.6 is 0 Å². The van der Waals surface area contributed by atoms with Gasteiger partial charge in [0.1, 0.15) is 11.4 Å². The minimum absolute atomic E-state index is 0.0383. The van der Waals surface area contributed by atoms with Gasteiger partial charge < -0.3 is 14.7 Å². The fourth-order valence-electron chi connectivity index (χ4n) is 2.62. The average molecular weight is 280 g/mol. The first-order valence-corrected chi connectivity index (χ1v) is 6.27. The number of aliphatic carboxylic acids is 1. The van der Waals surface area contributed by atoms with Crippen molar-refractivity contribution in [3.05, 3.63) is 28.3 Å². The summed E-state index contributed by atoms with van der Waals surface area (Å²) in [4.78, 5) is 23.6. The number of nitrogens with zero attached hydrogens (tertiary/aromatic N) is 2. The molecule has 2 unspecified atom stereocenters. The molecule has 0 aliphatic carbocycles. The Bertz CT molecular complexity index is 546. The number of anilines is 1. The van der Waals surface area contributed by atoms with Crippen molar-refractivity contribution >= 4 is 17.3 Å². The standard InChI is InChI=1S/C13H16N2O5/c1-8-10(13(16)17)5-6-14(8)12-7-9(20-2)3-4-11(12)15(18)19/h3-4,7-8,10H,5-6H2,1-2H3,(H,16,17). The smallest absolute Gasteiger partial charge is 0.308 e. The van der Waals surface area contributed by atoms with Gasteiger partial charge in [-0.05, 0) is 19.4 Å². The van der Waals surface area contributed by atoms with Gasteiger partial charge in [0, 0.05) is 24.7 Å². The van der Waals surface area contributed by atoms with Crippen LogP contribution in [0.3, 0.4) is 0 Å². The molecule has 1 aliphatic heterocycles. The maximum atomic E-state index is 11.1. The predicted molar refractivity (Wildman–Crippen MR) is 72.2 cm³/mol. The average Bonchev–Trinajstić information content (AvgIpc) is 2.79. The number of carboxylic acid groups (broad SMARTS) is 1. The van der Waals surface area contributed by atoms with Crippen LogP contribution in [0.2, 0.25) is 0 Å². The zero-order valence-corrected chi connectivity index (χ0v) is 11.3. The minimum Gasteiger partial charge on any atom is -0.497 e. The van der Waals surface area contributed by atoms with Crippen LogP contribution in [-0.2, 0) is 4.79 Å². The number of carboxylic acids is 1. The highest BCUT2D eigenvalue weighted by molar-refractivity contribution is 5.75.